The van der Waals surface area contributed by atoms with Crippen molar-refractivity contribution in [3.8, 4) is 5.75 Å². The van der Waals surface area contributed by atoms with E-state index in [4.69, 9.17) is 9.26 Å². The van der Waals surface area contributed by atoms with Crippen molar-refractivity contribution in [3.63, 3.8) is 0 Å². The Bertz CT molecular complexity index is 1060. The Morgan fingerprint density at radius 1 is 1.20 bits per heavy atom. The van der Waals surface area contributed by atoms with Crippen LogP contribution in [0.25, 0.3) is 0 Å². The van der Waals surface area contributed by atoms with Gasteiger partial charge in [-0.3, -0.25) is 9.59 Å². The molecule has 1 aromatic carbocycles. The van der Waals surface area contributed by atoms with Gasteiger partial charge in [0, 0.05) is 30.1 Å². The average molecular weight is 426 g/mol. The van der Waals surface area contributed by atoms with Gasteiger partial charge in [0.2, 0.25) is 5.91 Å². The summed E-state index contributed by atoms with van der Waals surface area (Å²) >= 11 is 1.43. The van der Waals surface area contributed by atoms with Crippen molar-refractivity contribution >= 4 is 35.0 Å². The molecular weight excluding hydrogens is 404 g/mol. The summed E-state index contributed by atoms with van der Waals surface area (Å²) in [6.45, 7) is 5.16. The molecule has 156 valence electrons. The van der Waals surface area contributed by atoms with Crippen LogP contribution >= 0.6 is 11.8 Å². The van der Waals surface area contributed by atoms with Crippen LogP contribution in [0.15, 0.2) is 46.1 Å². The zero-order valence-electron chi connectivity index (χ0n) is 17.1. The molecule has 0 radical (unpaired) electrons. The van der Waals surface area contributed by atoms with Crippen LogP contribution in [0.5, 0.6) is 5.75 Å². The Kier molecular flexibility index (Phi) is 6.73. The highest BCUT2D eigenvalue weighted by atomic mass is 32.2. The number of hydrogen-bond acceptors (Lipinski definition) is 7. The second-order valence-electron chi connectivity index (χ2n) is 6.50. The van der Waals surface area contributed by atoms with E-state index in [1.807, 2.05) is 13.8 Å². The third-order valence-electron chi connectivity index (χ3n) is 4.32. The number of pyridine rings is 1. The number of aryl methyl sites for hydroxylation is 2. The minimum Gasteiger partial charge on any atom is -0.495 e. The van der Waals surface area contributed by atoms with Crippen LogP contribution in [0.2, 0.25) is 0 Å². The molecule has 0 aliphatic heterocycles. The van der Waals surface area contributed by atoms with E-state index in [2.05, 4.69) is 20.8 Å². The summed E-state index contributed by atoms with van der Waals surface area (Å²) in [7, 11) is 1.51. The number of benzene rings is 1. The lowest BCUT2D eigenvalue weighted by Gasteiger charge is -2.13. The van der Waals surface area contributed by atoms with E-state index in [0.717, 1.165) is 17.0 Å². The van der Waals surface area contributed by atoms with Gasteiger partial charge in [0.05, 0.1) is 24.1 Å². The Labute approximate surface area is 178 Å². The number of nitrogens with zero attached hydrogens (tertiary/aromatic N) is 2. The smallest absolute Gasteiger partial charge is 0.258 e. The summed E-state index contributed by atoms with van der Waals surface area (Å²) in [4.78, 5) is 28.7. The van der Waals surface area contributed by atoms with Crippen LogP contribution in [0.4, 0.5) is 11.4 Å². The van der Waals surface area contributed by atoms with Gasteiger partial charge < -0.3 is 19.9 Å². The molecule has 0 aliphatic rings. The highest BCUT2D eigenvalue weighted by molar-refractivity contribution is 7.98. The molecule has 0 spiro atoms. The topological polar surface area (TPSA) is 106 Å². The van der Waals surface area contributed by atoms with E-state index >= 15 is 0 Å². The van der Waals surface area contributed by atoms with E-state index < -0.39 is 0 Å². The molecule has 8 nitrogen and oxygen atoms in total. The van der Waals surface area contributed by atoms with Gasteiger partial charge in [-0.05, 0) is 44.2 Å². The zero-order chi connectivity index (χ0) is 21.7. The Morgan fingerprint density at radius 3 is 2.67 bits per heavy atom. The van der Waals surface area contributed by atoms with Crippen LogP contribution in [-0.4, -0.2) is 29.1 Å². The van der Waals surface area contributed by atoms with Crippen LogP contribution in [0, 0.1) is 13.8 Å². The quantitative estimate of drug-likeness (QED) is 0.545. The number of amides is 2. The first-order valence-electron chi connectivity index (χ1n) is 9.15. The minimum atomic E-state index is -0.331. The number of methoxy groups -OCH3 is 1. The van der Waals surface area contributed by atoms with Crippen molar-refractivity contribution < 1.29 is 18.8 Å². The number of anilines is 2. The fraction of sp³-hybridized carbons (Fsp3) is 0.238. The molecule has 2 amide bonds. The van der Waals surface area contributed by atoms with Gasteiger partial charge in [-0.2, -0.15) is 0 Å². The van der Waals surface area contributed by atoms with Gasteiger partial charge in [-0.1, -0.05) is 5.16 Å². The third-order valence-corrected chi connectivity index (χ3v) is 5.35. The number of aromatic nitrogens is 2. The monoisotopic (exact) mass is 426 g/mol. The summed E-state index contributed by atoms with van der Waals surface area (Å²) in [6.07, 6.45) is 1.64. The van der Waals surface area contributed by atoms with Crippen LogP contribution < -0.4 is 15.4 Å². The standard InChI is InChI=1S/C21H22N4O4S/c1-12-17(13(2)29-25-12)11-30-21-16(6-5-9-22-21)20(27)24-18-10-15(23-14(3)26)7-8-19(18)28-4/h5-10H,11H2,1-4H3,(H,23,26)(H,24,27). The van der Waals surface area contributed by atoms with Crippen molar-refractivity contribution in [1.82, 2.24) is 10.1 Å². The molecule has 9 heteroatoms. The molecule has 0 aliphatic carbocycles. The van der Waals surface area contributed by atoms with Crippen molar-refractivity contribution in [1.29, 1.82) is 0 Å². The molecule has 2 aromatic heterocycles. The fourth-order valence-corrected chi connectivity index (χ4v) is 3.95. The summed E-state index contributed by atoms with van der Waals surface area (Å²) < 4.78 is 10.5. The molecule has 2 heterocycles. The maximum absolute atomic E-state index is 13.0. The number of nitrogens with one attached hydrogen (secondary N) is 2. The highest BCUT2D eigenvalue weighted by Gasteiger charge is 2.17. The average Bonchev–Trinajstić information content (AvgIpc) is 3.04. The van der Waals surface area contributed by atoms with E-state index in [1.54, 1.807) is 36.5 Å². The van der Waals surface area contributed by atoms with Gasteiger partial charge in [-0.15, -0.1) is 11.8 Å². The van der Waals surface area contributed by atoms with Crippen molar-refractivity contribution in [2.45, 2.75) is 31.6 Å². The number of rotatable bonds is 7. The molecule has 0 bridgehead atoms. The van der Waals surface area contributed by atoms with E-state index in [0.29, 0.717) is 33.5 Å². The first-order valence-corrected chi connectivity index (χ1v) is 10.1. The summed E-state index contributed by atoms with van der Waals surface area (Å²) in [5.41, 5.74) is 3.24. The molecule has 0 saturated heterocycles. The fourth-order valence-electron chi connectivity index (χ4n) is 2.80. The van der Waals surface area contributed by atoms with Crippen molar-refractivity contribution in [2.24, 2.45) is 0 Å². The minimum absolute atomic E-state index is 0.206. The zero-order valence-corrected chi connectivity index (χ0v) is 17.9. The van der Waals surface area contributed by atoms with Gasteiger partial charge in [-0.25, -0.2) is 4.98 Å². The number of carbonyl (C=O) groups is 2. The van der Waals surface area contributed by atoms with E-state index in [1.165, 1.54) is 25.8 Å². The lowest BCUT2D eigenvalue weighted by Crippen LogP contribution is -2.15. The van der Waals surface area contributed by atoms with Gasteiger partial charge >= 0.3 is 0 Å². The lowest BCUT2D eigenvalue weighted by atomic mass is 10.2. The first kappa shape index (κ1) is 21.4. The summed E-state index contributed by atoms with van der Waals surface area (Å²) in [6, 6.07) is 8.44. The molecule has 30 heavy (non-hydrogen) atoms. The molecule has 3 aromatic rings. The predicted molar refractivity (Wildman–Crippen MR) is 115 cm³/mol. The third kappa shape index (κ3) is 4.98. The Balaban J connectivity index is 1.82. The Hall–Kier alpha value is -3.33. The molecule has 0 unspecified atom stereocenters. The predicted octanol–water partition coefficient (Wildman–Crippen LogP) is 4.20. The molecule has 2 N–H and O–H groups in total. The Morgan fingerprint density at radius 2 is 2.00 bits per heavy atom. The van der Waals surface area contributed by atoms with Crippen LogP contribution in [-0.2, 0) is 10.5 Å². The SMILES string of the molecule is COc1ccc(NC(C)=O)cc1NC(=O)c1cccnc1SCc1c(C)noc1C. The molecule has 0 fully saturated rings. The molecule has 0 atom stereocenters. The number of thioether (sulfide) groups is 1. The van der Waals surface area contributed by atoms with E-state index in [9.17, 15) is 9.59 Å². The second kappa shape index (κ2) is 9.45. The van der Waals surface area contributed by atoms with Gasteiger partial charge in [0.25, 0.3) is 5.91 Å². The normalized spacial score (nSPS) is 10.5. The van der Waals surface area contributed by atoms with E-state index in [-0.39, 0.29) is 11.8 Å². The largest absolute Gasteiger partial charge is 0.495 e. The highest BCUT2D eigenvalue weighted by Crippen LogP contribution is 2.31. The number of hydrogen-bond donors (Lipinski definition) is 2. The maximum atomic E-state index is 13.0. The van der Waals surface area contributed by atoms with Crippen molar-refractivity contribution in [3.05, 3.63) is 59.1 Å². The van der Waals surface area contributed by atoms with Gasteiger partial charge in [0.1, 0.15) is 16.5 Å². The molecular formula is C21H22N4O4S. The number of ether oxygens (including phenoxy) is 1. The first-order chi connectivity index (χ1) is 14.4. The van der Waals surface area contributed by atoms with Gasteiger partial charge in [0.15, 0.2) is 0 Å². The molecule has 3 rings (SSSR count). The maximum Gasteiger partial charge on any atom is 0.258 e. The lowest BCUT2D eigenvalue weighted by molar-refractivity contribution is -0.114. The second-order valence-corrected chi connectivity index (χ2v) is 7.46. The molecule has 0 saturated carbocycles. The van der Waals surface area contributed by atoms with Crippen LogP contribution in [0.1, 0.15) is 34.3 Å². The van der Waals surface area contributed by atoms with Crippen LogP contribution in [0.3, 0.4) is 0 Å². The number of carbonyl (C=O) groups excluding carboxylic acids is 2. The summed E-state index contributed by atoms with van der Waals surface area (Å²) in [5.74, 6) is 1.28. The van der Waals surface area contributed by atoms with Crippen molar-refractivity contribution in [2.75, 3.05) is 17.7 Å². The summed E-state index contributed by atoms with van der Waals surface area (Å²) in [5, 5.41) is 10.1.